The molecule has 1 aliphatic rings. The van der Waals surface area contributed by atoms with Crippen molar-refractivity contribution in [1.29, 1.82) is 0 Å². The second-order valence-corrected chi connectivity index (χ2v) is 5.06. The predicted octanol–water partition coefficient (Wildman–Crippen LogP) is -0.665. The first-order valence-electron chi connectivity index (χ1n) is 6.36. The summed E-state index contributed by atoms with van der Waals surface area (Å²) >= 11 is 0. The molecule has 1 atom stereocenters. The maximum Gasteiger partial charge on any atom is 0.237 e. The van der Waals surface area contributed by atoms with Crippen molar-refractivity contribution in [3.63, 3.8) is 0 Å². The van der Waals surface area contributed by atoms with Crippen LogP contribution >= 0.6 is 0 Å². The molecule has 1 fully saturated rings. The first kappa shape index (κ1) is 14.9. The summed E-state index contributed by atoms with van der Waals surface area (Å²) in [6.07, 6.45) is 0.347. The number of nitrogens with two attached hydrogens (primary N) is 1. The normalized spacial score (nSPS) is 19.8. The van der Waals surface area contributed by atoms with E-state index in [1.54, 1.807) is 0 Å². The Morgan fingerprint density at radius 2 is 2.22 bits per heavy atom. The molecule has 0 aromatic rings. The maximum atomic E-state index is 12.1. The molecule has 1 heterocycles. The Labute approximate surface area is 108 Å². The van der Waals surface area contributed by atoms with Crippen molar-refractivity contribution in [3.05, 3.63) is 0 Å². The smallest absolute Gasteiger partial charge is 0.237 e. The molecule has 0 aromatic heterocycles. The predicted molar refractivity (Wildman–Crippen MR) is 67.8 cm³/mol. The number of nitrogens with zero attached hydrogens (tertiary/aromatic N) is 1. The fraction of sp³-hybridized carbons (Fsp3) is 0.833. The van der Waals surface area contributed by atoms with Gasteiger partial charge in [-0.3, -0.25) is 9.59 Å². The van der Waals surface area contributed by atoms with Gasteiger partial charge in [-0.15, -0.1) is 0 Å². The number of nitrogens with one attached hydrogen (secondary N) is 1. The number of morpholine rings is 1. The minimum absolute atomic E-state index is 0.00933. The van der Waals surface area contributed by atoms with Gasteiger partial charge in [-0.25, -0.2) is 0 Å². The molecule has 1 unspecified atom stereocenters. The molecule has 0 radical (unpaired) electrons. The zero-order valence-corrected chi connectivity index (χ0v) is 11.1. The molecule has 104 valence electrons. The molecule has 0 bridgehead atoms. The van der Waals surface area contributed by atoms with Crippen molar-refractivity contribution in [2.24, 2.45) is 11.7 Å². The zero-order chi connectivity index (χ0) is 13.5. The monoisotopic (exact) mass is 257 g/mol. The summed E-state index contributed by atoms with van der Waals surface area (Å²) in [6, 6.07) is 0.0359. The number of carbonyl (C=O) groups is 2. The van der Waals surface area contributed by atoms with Crippen LogP contribution in [0.5, 0.6) is 0 Å². The molecule has 1 rings (SSSR count). The molecule has 0 aromatic carbocycles. The van der Waals surface area contributed by atoms with Gasteiger partial charge in [0, 0.05) is 25.6 Å². The highest BCUT2D eigenvalue weighted by atomic mass is 16.5. The van der Waals surface area contributed by atoms with Crippen LogP contribution in [-0.2, 0) is 14.3 Å². The van der Waals surface area contributed by atoms with Crippen molar-refractivity contribution in [2.45, 2.75) is 26.3 Å². The average Bonchev–Trinajstić information content (AvgIpc) is 2.28. The first-order chi connectivity index (χ1) is 8.49. The molecule has 6 heteroatoms. The van der Waals surface area contributed by atoms with Crippen LogP contribution < -0.4 is 11.1 Å². The van der Waals surface area contributed by atoms with Crippen LogP contribution in [0, 0.1) is 5.92 Å². The van der Waals surface area contributed by atoms with Crippen LogP contribution in [-0.4, -0.2) is 55.6 Å². The molecule has 1 saturated heterocycles. The lowest BCUT2D eigenvalue weighted by Crippen LogP contribution is -2.47. The molecule has 3 N–H and O–H groups in total. The topological polar surface area (TPSA) is 84.7 Å². The van der Waals surface area contributed by atoms with Gasteiger partial charge in [-0.2, -0.15) is 0 Å². The van der Waals surface area contributed by atoms with Gasteiger partial charge < -0.3 is 20.7 Å². The van der Waals surface area contributed by atoms with E-state index in [9.17, 15) is 9.59 Å². The Bertz CT molecular complexity index is 288. The number of hydrogen-bond donors (Lipinski definition) is 2. The summed E-state index contributed by atoms with van der Waals surface area (Å²) in [6.45, 7) is 6.53. The molecule has 1 aliphatic heterocycles. The van der Waals surface area contributed by atoms with Gasteiger partial charge in [0.05, 0.1) is 19.8 Å². The van der Waals surface area contributed by atoms with Gasteiger partial charge in [-0.1, -0.05) is 13.8 Å². The van der Waals surface area contributed by atoms with Crippen molar-refractivity contribution in [1.82, 2.24) is 10.2 Å². The van der Waals surface area contributed by atoms with Crippen molar-refractivity contribution >= 4 is 11.8 Å². The van der Waals surface area contributed by atoms with Crippen molar-refractivity contribution in [2.75, 3.05) is 32.8 Å². The third-order valence-corrected chi connectivity index (χ3v) is 2.70. The van der Waals surface area contributed by atoms with E-state index >= 15 is 0 Å². The van der Waals surface area contributed by atoms with Gasteiger partial charge in [-0.05, 0) is 5.92 Å². The Morgan fingerprint density at radius 3 is 2.72 bits per heavy atom. The van der Waals surface area contributed by atoms with E-state index in [2.05, 4.69) is 5.32 Å². The highest BCUT2D eigenvalue weighted by Gasteiger charge is 2.22. The second-order valence-electron chi connectivity index (χ2n) is 5.06. The second kappa shape index (κ2) is 7.33. The third-order valence-electron chi connectivity index (χ3n) is 2.70. The van der Waals surface area contributed by atoms with Crippen LogP contribution in [0.25, 0.3) is 0 Å². The average molecular weight is 257 g/mol. The highest BCUT2D eigenvalue weighted by molar-refractivity contribution is 5.84. The number of rotatable bonds is 6. The number of primary amides is 1. The number of hydrogen-bond acceptors (Lipinski definition) is 4. The van der Waals surface area contributed by atoms with E-state index < -0.39 is 5.91 Å². The lowest BCUT2D eigenvalue weighted by atomic mass is 10.1. The minimum atomic E-state index is -0.475. The van der Waals surface area contributed by atoms with Crippen LogP contribution in [0.15, 0.2) is 0 Å². The third kappa shape index (κ3) is 5.46. The largest absolute Gasteiger partial charge is 0.378 e. The van der Waals surface area contributed by atoms with Gasteiger partial charge in [0.25, 0.3) is 0 Å². The highest BCUT2D eigenvalue weighted by Crippen LogP contribution is 2.05. The summed E-state index contributed by atoms with van der Waals surface area (Å²) < 4.78 is 5.30. The van der Waals surface area contributed by atoms with Crippen LogP contribution in [0.4, 0.5) is 0 Å². The van der Waals surface area contributed by atoms with Crippen LogP contribution in [0.1, 0.15) is 20.3 Å². The van der Waals surface area contributed by atoms with Gasteiger partial charge in [0.15, 0.2) is 0 Å². The summed E-state index contributed by atoms with van der Waals surface area (Å²) in [4.78, 5) is 24.6. The molecule has 18 heavy (non-hydrogen) atoms. The minimum Gasteiger partial charge on any atom is -0.378 e. The molecule has 2 amide bonds. The van der Waals surface area contributed by atoms with Gasteiger partial charge in [0.2, 0.25) is 11.8 Å². The number of ether oxygens (including phenoxy) is 1. The van der Waals surface area contributed by atoms with E-state index in [0.29, 0.717) is 32.1 Å². The molecule has 0 spiro atoms. The summed E-state index contributed by atoms with van der Waals surface area (Å²) in [5.74, 6) is -0.216. The number of carbonyl (C=O) groups excluding carboxylic acids is 2. The SMILES string of the molecule is CC(C)CN(CC(N)=O)C(=O)CC1COCCN1. The Balaban J connectivity index is 2.48. The molecular weight excluding hydrogens is 234 g/mol. The lowest BCUT2D eigenvalue weighted by molar-refractivity contribution is -0.136. The van der Waals surface area contributed by atoms with E-state index in [-0.39, 0.29) is 18.5 Å². The maximum absolute atomic E-state index is 12.1. The Hall–Kier alpha value is -1.14. The molecular formula is C12H23N3O3. The van der Waals surface area contributed by atoms with Gasteiger partial charge in [0.1, 0.15) is 0 Å². The first-order valence-corrected chi connectivity index (χ1v) is 6.36. The van der Waals surface area contributed by atoms with E-state index in [1.807, 2.05) is 13.8 Å². The molecule has 6 nitrogen and oxygen atoms in total. The van der Waals surface area contributed by atoms with Gasteiger partial charge >= 0.3 is 0 Å². The van der Waals surface area contributed by atoms with E-state index in [1.165, 1.54) is 4.90 Å². The molecule has 0 aliphatic carbocycles. The zero-order valence-electron chi connectivity index (χ0n) is 11.1. The number of amides is 2. The van der Waals surface area contributed by atoms with Crippen molar-refractivity contribution in [3.8, 4) is 0 Å². The Morgan fingerprint density at radius 1 is 1.50 bits per heavy atom. The quantitative estimate of drug-likeness (QED) is 0.661. The summed E-state index contributed by atoms with van der Waals surface area (Å²) in [7, 11) is 0. The fourth-order valence-electron chi connectivity index (χ4n) is 1.97. The van der Waals surface area contributed by atoms with Crippen molar-refractivity contribution < 1.29 is 14.3 Å². The standard InChI is InChI=1S/C12H23N3O3/c1-9(2)6-15(7-11(13)16)12(17)5-10-8-18-4-3-14-10/h9-10,14H,3-8H2,1-2H3,(H2,13,16). The Kier molecular flexibility index (Phi) is 6.07. The van der Waals surface area contributed by atoms with E-state index in [0.717, 1.165) is 6.54 Å². The van der Waals surface area contributed by atoms with E-state index in [4.69, 9.17) is 10.5 Å². The molecule has 0 saturated carbocycles. The van der Waals surface area contributed by atoms with Crippen LogP contribution in [0.2, 0.25) is 0 Å². The van der Waals surface area contributed by atoms with Crippen LogP contribution in [0.3, 0.4) is 0 Å². The fourth-order valence-corrected chi connectivity index (χ4v) is 1.97. The summed E-state index contributed by atoms with van der Waals surface area (Å²) in [5, 5.41) is 3.22. The lowest BCUT2D eigenvalue weighted by Gasteiger charge is -2.28. The summed E-state index contributed by atoms with van der Waals surface area (Å²) in [5.41, 5.74) is 5.17.